The van der Waals surface area contributed by atoms with Crippen LogP contribution in [0.1, 0.15) is 34.7 Å². The molecule has 0 spiro atoms. The van der Waals surface area contributed by atoms with Crippen LogP contribution in [0.4, 0.5) is 0 Å². The molecule has 0 bridgehead atoms. The molecule has 0 radical (unpaired) electrons. The van der Waals surface area contributed by atoms with Gasteiger partial charge in [-0.15, -0.1) is 0 Å². The molecule has 1 aliphatic heterocycles. The second-order valence-corrected chi connectivity index (χ2v) is 8.11. The maximum Gasteiger partial charge on any atom is 0.176 e. The molecular weight excluding hydrogens is 398 g/mol. The van der Waals surface area contributed by atoms with E-state index in [2.05, 4.69) is 17.1 Å². The van der Waals surface area contributed by atoms with Gasteiger partial charge in [0.15, 0.2) is 11.2 Å². The van der Waals surface area contributed by atoms with Gasteiger partial charge in [-0.05, 0) is 29.7 Å². The maximum absolute atomic E-state index is 12.2. The van der Waals surface area contributed by atoms with E-state index in [1.165, 1.54) is 6.20 Å². The summed E-state index contributed by atoms with van der Waals surface area (Å²) < 4.78 is 6.53. The molecule has 1 aliphatic carbocycles. The molecule has 146 valence electrons. The summed E-state index contributed by atoms with van der Waals surface area (Å²) >= 11 is 6.15. The molecule has 2 heterocycles. The Morgan fingerprint density at radius 2 is 1.83 bits per heavy atom. The molecule has 0 amide bonds. The Kier molecular flexibility index (Phi) is 4.08. The van der Waals surface area contributed by atoms with Crippen molar-refractivity contribution in [2.75, 3.05) is 0 Å². The number of fused-ring (bicyclic) bond motifs is 3. The summed E-state index contributed by atoms with van der Waals surface area (Å²) in [6, 6.07) is 22.7. The minimum Gasteiger partial charge on any atom is -0.476 e. The van der Waals surface area contributed by atoms with Crippen LogP contribution >= 0.6 is 11.6 Å². The molecule has 2 aliphatic rings. The normalized spacial score (nSPS) is 28.7. The Morgan fingerprint density at radius 3 is 2.50 bits per heavy atom. The minimum absolute atomic E-state index is 0.311. The maximum atomic E-state index is 12.2. The van der Waals surface area contributed by atoms with E-state index in [0.717, 1.165) is 5.56 Å². The molecule has 1 fully saturated rings. The van der Waals surface area contributed by atoms with E-state index in [1.807, 2.05) is 30.3 Å². The number of rotatable bonds is 2. The Bertz CT molecular complexity index is 1220. The third-order valence-electron chi connectivity index (χ3n) is 6.28. The standard InChI is InChI=1S/C24H16ClN3O2/c25-19-11-21-22(28-14-19)23(29)18(13-27)10-20(16-4-2-1-3-5-16)24(23,30-21)17-8-6-15(12-26)7-9-17/h1-9,11,14,18,20,29H,10H2. The summed E-state index contributed by atoms with van der Waals surface area (Å²) in [5.41, 5.74) is -0.483. The summed E-state index contributed by atoms with van der Waals surface area (Å²) in [6.45, 7) is 0. The number of nitrogens with zero attached hydrogens (tertiary/aromatic N) is 3. The van der Waals surface area contributed by atoms with E-state index in [9.17, 15) is 15.6 Å². The average molecular weight is 414 g/mol. The summed E-state index contributed by atoms with van der Waals surface area (Å²) in [4.78, 5) is 4.39. The third-order valence-corrected chi connectivity index (χ3v) is 6.49. The molecule has 30 heavy (non-hydrogen) atoms. The van der Waals surface area contributed by atoms with Crippen LogP contribution in [0.2, 0.25) is 5.02 Å². The minimum atomic E-state index is -1.67. The lowest BCUT2D eigenvalue weighted by atomic mass is 9.71. The Labute approximate surface area is 178 Å². The van der Waals surface area contributed by atoms with Crippen molar-refractivity contribution in [2.45, 2.75) is 23.5 Å². The number of nitriles is 2. The molecule has 1 aromatic heterocycles. The average Bonchev–Trinajstić information content (AvgIpc) is 3.18. The number of hydrogen-bond acceptors (Lipinski definition) is 5. The van der Waals surface area contributed by atoms with Gasteiger partial charge in [0.25, 0.3) is 0 Å². The first-order chi connectivity index (χ1) is 14.5. The van der Waals surface area contributed by atoms with Crippen molar-refractivity contribution < 1.29 is 9.84 Å². The molecular formula is C24H16ClN3O2. The number of halogens is 1. The lowest BCUT2D eigenvalue weighted by Gasteiger charge is -2.40. The fraction of sp³-hybridized carbons (Fsp3) is 0.208. The molecule has 6 heteroatoms. The number of aromatic nitrogens is 1. The van der Waals surface area contributed by atoms with Gasteiger partial charge in [-0.3, -0.25) is 4.98 Å². The Morgan fingerprint density at radius 1 is 1.10 bits per heavy atom. The van der Waals surface area contributed by atoms with E-state index in [0.29, 0.717) is 34.0 Å². The number of aliphatic hydroxyl groups is 1. The van der Waals surface area contributed by atoms with E-state index in [-0.39, 0.29) is 5.92 Å². The fourth-order valence-electron chi connectivity index (χ4n) is 5.02. The third kappa shape index (κ3) is 2.28. The van der Waals surface area contributed by atoms with Gasteiger partial charge >= 0.3 is 0 Å². The number of ether oxygens (including phenoxy) is 1. The second kappa shape index (κ2) is 6.57. The molecule has 4 atom stereocenters. The predicted octanol–water partition coefficient (Wildman–Crippen LogP) is 4.41. The second-order valence-electron chi connectivity index (χ2n) is 7.67. The first kappa shape index (κ1) is 18.6. The van der Waals surface area contributed by atoms with Crippen LogP contribution in [0.5, 0.6) is 5.75 Å². The zero-order valence-electron chi connectivity index (χ0n) is 15.8. The number of hydrogen-bond donors (Lipinski definition) is 1. The highest BCUT2D eigenvalue weighted by molar-refractivity contribution is 6.30. The van der Waals surface area contributed by atoms with Gasteiger partial charge in [0.05, 0.1) is 28.6 Å². The van der Waals surface area contributed by atoms with Crippen molar-refractivity contribution in [3.05, 3.63) is 94.3 Å². The van der Waals surface area contributed by atoms with Crippen molar-refractivity contribution >= 4 is 11.6 Å². The van der Waals surface area contributed by atoms with Gasteiger partial charge in [-0.25, -0.2) is 0 Å². The predicted molar refractivity (Wildman–Crippen MR) is 110 cm³/mol. The molecule has 4 unspecified atom stereocenters. The molecule has 1 saturated carbocycles. The van der Waals surface area contributed by atoms with Crippen LogP contribution in [-0.4, -0.2) is 10.1 Å². The topological polar surface area (TPSA) is 89.9 Å². The highest BCUT2D eigenvalue weighted by Crippen LogP contribution is 2.68. The van der Waals surface area contributed by atoms with E-state index < -0.39 is 17.1 Å². The quantitative estimate of drug-likeness (QED) is 0.672. The molecule has 5 nitrogen and oxygen atoms in total. The van der Waals surface area contributed by atoms with Crippen LogP contribution in [0, 0.1) is 28.6 Å². The zero-order chi connectivity index (χ0) is 20.9. The van der Waals surface area contributed by atoms with E-state index in [4.69, 9.17) is 16.3 Å². The number of benzene rings is 2. The Balaban J connectivity index is 1.82. The van der Waals surface area contributed by atoms with Crippen LogP contribution in [0.15, 0.2) is 66.9 Å². The van der Waals surface area contributed by atoms with Crippen LogP contribution < -0.4 is 4.74 Å². The summed E-state index contributed by atoms with van der Waals surface area (Å²) in [6.07, 6.45) is 1.86. The van der Waals surface area contributed by atoms with Crippen molar-refractivity contribution in [1.29, 1.82) is 10.5 Å². The van der Waals surface area contributed by atoms with E-state index in [1.54, 1.807) is 30.3 Å². The Hall–Kier alpha value is -3.38. The molecule has 5 rings (SSSR count). The van der Waals surface area contributed by atoms with Gasteiger partial charge in [0.2, 0.25) is 0 Å². The first-order valence-electron chi connectivity index (χ1n) is 9.57. The number of pyridine rings is 1. The molecule has 3 aromatic rings. The zero-order valence-corrected chi connectivity index (χ0v) is 16.5. The smallest absolute Gasteiger partial charge is 0.176 e. The van der Waals surface area contributed by atoms with Crippen molar-refractivity contribution in [1.82, 2.24) is 4.98 Å². The van der Waals surface area contributed by atoms with Gasteiger partial charge in [-0.1, -0.05) is 54.1 Å². The SMILES string of the molecule is N#Cc1ccc(C23Oc4cc(Cl)cnc4C2(O)C(C#N)CC3c2ccccc2)cc1. The summed E-state index contributed by atoms with van der Waals surface area (Å²) in [5.74, 6) is -0.683. The van der Waals surface area contributed by atoms with Crippen LogP contribution in [0.25, 0.3) is 0 Å². The van der Waals surface area contributed by atoms with Gasteiger partial charge in [0, 0.05) is 18.2 Å². The monoisotopic (exact) mass is 413 g/mol. The van der Waals surface area contributed by atoms with Crippen molar-refractivity contribution in [3.8, 4) is 17.9 Å². The van der Waals surface area contributed by atoms with Crippen molar-refractivity contribution in [2.24, 2.45) is 5.92 Å². The molecule has 0 saturated heterocycles. The molecule has 1 N–H and O–H groups in total. The lowest BCUT2D eigenvalue weighted by molar-refractivity contribution is -0.120. The highest BCUT2D eigenvalue weighted by atomic mass is 35.5. The summed E-state index contributed by atoms with van der Waals surface area (Å²) in [7, 11) is 0. The fourth-order valence-corrected chi connectivity index (χ4v) is 5.17. The van der Waals surface area contributed by atoms with Crippen LogP contribution in [-0.2, 0) is 11.2 Å². The molecule has 2 aromatic carbocycles. The highest BCUT2D eigenvalue weighted by Gasteiger charge is 2.73. The van der Waals surface area contributed by atoms with Gasteiger partial charge in [-0.2, -0.15) is 10.5 Å². The summed E-state index contributed by atoms with van der Waals surface area (Å²) in [5, 5.41) is 31.8. The van der Waals surface area contributed by atoms with E-state index >= 15 is 0 Å². The largest absolute Gasteiger partial charge is 0.476 e. The lowest BCUT2D eigenvalue weighted by Crippen LogP contribution is -2.50. The first-order valence-corrected chi connectivity index (χ1v) is 9.95. The van der Waals surface area contributed by atoms with Crippen molar-refractivity contribution in [3.63, 3.8) is 0 Å². The van der Waals surface area contributed by atoms with Gasteiger partial charge in [0.1, 0.15) is 11.4 Å². The van der Waals surface area contributed by atoms with Crippen LogP contribution in [0.3, 0.4) is 0 Å². The van der Waals surface area contributed by atoms with Gasteiger partial charge < -0.3 is 9.84 Å².